The van der Waals surface area contributed by atoms with E-state index in [9.17, 15) is 4.79 Å². The molecular weight excluding hydrogens is 372 g/mol. The van der Waals surface area contributed by atoms with Crippen molar-refractivity contribution >= 4 is 27.5 Å². The Morgan fingerprint density at radius 3 is 2.71 bits per heavy atom. The van der Waals surface area contributed by atoms with E-state index in [0.717, 1.165) is 26.4 Å². The molecule has 1 atom stereocenters. The molecule has 0 saturated carbocycles. The van der Waals surface area contributed by atoms with Crippen molar-refractivity contribution in [1.29, 1.82) is 0 Å². The Morgan fingerprint density at radius 2 is 1.93 bits per heavy atom. The van der Waals surface area contributed by atoms with E-state index in [4.69, 9.17) is 0 Å². The minimum absolute atomic E-state index is 0.0324. The van der Waals surface area contributed by atoms with Gasteiger partial charge in [-0.15, -0.1) is 21.5 Å². The van der Waals surface area contributed by atoms with Gasteiger partial charge in [0.1, 0.15) is 11.6 Å². The van der Waals surface area contributed by atoms with Crippen molar-refractivity contribution in [3.8, 4) is 11.4 Å². The number of hydrogen-bond acceptors (Lipinski definition) is 6. The maximum absolute atomic E-state index is 12.7. The highest BCUT2D eigenvalue weighted by atomic mass is 32.1. The molecule has 8 heteroatoms. The summed E-state index contributed by atoms with van der Waals surface area (Å²) in [4.78, 5) is 20.4. The maximum atomic E-state index is 12.7. The molecule has 4 rings (SSSR count). The number of carbonyl (C=O) groups is 1. The third-order valence-electron chi connectivity index (χ3n) is 4.76. The van der Waals surface area contributed by atoms with Crippen molar-refractivity contribution in [1.82, 2.24) is 30.1 Å². The van der Waals surface area contributed by atoms with Crippen LogP contribution in [0.1, 0.15) is 23.5 Å². The van der Waals surface area contributed by atoms with Crippen LogP contribution in [-0.2, 0) is 11.3 Å². The maximum Gasteiger partial charge on any atom is 0.246 e. The summed E-state index contributed by atoms with van der Waals surface area (Å²) in [5.74, 6) is 0.424. The largest absolute Gasteiger partial charge is 0.335 e. The molecule has 0 unspecified atom stereocenters. The van der Waals surface area contributed by atoms with E-state index in [-0.39, 0.29) is 18.5 Å². The number of benzene rings is 2. The lowest BCUT2D eigenvalue weighted by Crippen LogP contribution is -2.33. The molecule has 0 N–H and O–H groups in total. The summed E-state index contributed by atoms with van der Waals surface area (Å²) < 4.78 is 1.12. The molecule has 0 bridgehead atoms. The number of carbonyl (C=O) groups excluding carboxylic acids is 1. The van der Waals surface area contributed by atoms with E-state index in [1.165, 1.54) is 4.80 Å². The Morgan fingerprint density at radius 1 is 1.18 bits per heavy atom. The molecule has 0 fully saturated rings. The zero-order valence-electron chi connectivity index (χ0n) is 15.9. The Balaban J connectivity index is 1.48. The lowest BCUT2D eigenvalue weighted by atomic mass is 10.1. The normalized spacial score (nSPS) is 12.2. The van der Waals surface area contributed by atoms with Gasteiger partial charge in [0, 0.05) is 12.6 Å². The van der Waals surface area contributed by atoms with Gasteiger partial charge in [0.15, 0.2) is 0 Å². The summed E-state index contributed by atoms with van der Waals surface area (Å²) >= 11 is 1.61. The lowest BCUT2D eigenvalue weighted by Gasteiger charge is -2.22. The van der Waals surface area contributed by atoms with Crippen molar-refractivity contribution in [3.63, 3.8) is 0 Å². The molecule has 2 heterocycles. The van der Waals surface area contributed by atoms with Crippen molar-refractivity contribution in [2.24, 2.45) is 0 Å². The summed E-state index contributed by atoms with van der Waals surface area (Å²) in [6, 6.07) is 15.7. The van der Waals surface area contributed by atoms with Crippen LogP contribution in [0.5, 0.6) is 0 Å². The predicted molar refractivity (Wildman–Crippen MR) is 109 cm³/mol. The third-order valence-corrected chi connectivity index (χ3v) is 5.96. The van der Waals surface area contributed by atoms with Crippen molar-refractivity contribution in [2.75, 3.05) is 7.05 Å². The van der Waals surface area contributed by atoms with E-state index in [1.807, 2.05) is 62.4 Å². The number of tetrazole rings is 1. The summed E-state index contributed by atoms with van der Waals surface area (Å²) in [5.41, 5.74) is 2.93. The number of likely N-dealkylation sites (N-methyl/N-ethyl adjacent to an activating group) is 1. The smallest absolute Gasteiger partial charge is 0.246 e. The van der Waals surface area contributed by atoms with Gasteiger partial charge < -0.3 is 4.90 Å². The Labute approximate surface area is 166 Å². The first-order chi connectivity index (χ1) is 13.5. The second kappa shape index (κ2) is 7.47. The van der Waals surface area contributed by atoms with Crippen LogP contribution >= 0.6 is 11.3 Å². The minimum Gasteiger partial charge on any atom is -0.335 e. The van der Waals surface area contributed by atoms with E-state index < -0.39 is 0 Å². The topological polar surface area (TPSA) is 76.8 Å². The standard InChI is InChI=1S/C20H20N6OS/c1-13-8-4-5-9-15(13)19-22-24-26(23-19)12-18(27)25(3)14(2)20-21-16-10-6-7-11-17(16)28-20/h4-11,14H,12H2,1-3H3/t14-/m1/s1. The molecule has 2 aromatic heterocycles. The third kappa shape index (κ3) is 3.50. The van der Waals surface area contributed by atoms with E-state index in [2.05, 4.69) is 20.4 Å². The van der Waals surface area contributed by atoms with Gasteiger partial charge in [0.25, 0.3) is 0 Å². The molecule has 0 aliphatic heterocycles. The van der Waals surface area contributed by atoms with Gasteiger partial charge in [0.2, 0.25) is 11.7 Å². The lowest BCUT2D eigenvalue weighted by molar-refractivity contribution is -0.132. The Bertz CT molecular complexity index is 1100. The van der Waals surface area contributed by atoms with Gasteiger partial charge in [0.05, 0.1) is 16.3 Å². The number of aryl methyl sites for hydroxylation is 1. The average Bonchev–Trinajstić information content (AvgIpc) is 3.34. The Kier molecular flexibility index (Phi) is 4.87. The number of aromatic nitrogens is 5. The number of thiazole rings is 1. The number of rotatable bonds is 5. The molecule has 28 heavy (non-hydrogen) atoms. The van der Waals surface area contributed by atoms with Crippen molar-refractivity contribution < 1.29 is 4.79 Å². The molecule has 0 aliphatic rings. The number of fused-ring (bicyclic) bond motifs is 1. The summed E-state index contributed by atoms with van der Waals surface area (Å²) in [7, 11) is 1.78. The second-order valence-corrected chi connectivity index (χ2v) is 7.72. The highest BCUT2D eigenvalue weighted by Crippen LogP contribution is 2.28. The fourth-order valence-corrected chi connectivity index (χ4v) is 3.99. The Hall–Kier alpha value is -3.13. The monoisotopic (exact) mass is 392 g/mol. The van der Waals surface area contributed by atoms with Gasteiger partial charge in [-0.25, -0.2) is 4.98 Å². The zero-order chi connectivity index (χ0) is 19.7. The quantitative estimate of drug-likeness (QED) is 0.520. The first kappa shape index (κ1) is 18.2. The zero-order valence-corrected chi connectivity index (χ0v) is 16.7. The molecule has 142 valence electrons. The van der Waals surface area contributed by atoms with Crippen LogP contribution in [0.3, 0.4) is 0 Å². The molecule has 7 nitrogen and oxygen atoms in total. The van der Waals surface area contributed by atoms with Gasteiger partial charge >= 0.3 is 0 Å². The van der Waals surface area contributed by atoms with Crippen LogP contribution in [0.2, 0.25) is 0 Å². The average molecular weight is 392 g/mol. The van der Waals surface area contributed by atoms with E-state index in [1.54, 1.807) is 23.3 Å². The summed E-state index contributed by atoms with van der Waals surface area (Å²) in [6.45, 7) is 4.00. The van der Waals surface area contributed by atoms with Gasteiger partial charge in [-0.05, 0) is 36.8 Å². The number of amides is 1. The van der Waals surface area contributed by atoms with Crippen LogP contribution in [0.25, 0.3) is 21.6 Å². The van der Waals surface area contributed by atoms with Gasteiger partial charge in [-0.2, -0.15) is 4.80 Å². The van der Waals surface area contributed by atoms with Gasteiger partial charge in [-0.3, -0.25) is 4.79 Å². The second-order valence-electron chi connectivity index (χ2n) is 6.66. The van der Waals surface area contributed by atoms with E-state index in [0.29, 0.717) is 5.82 Å². The molecule has 4 aromatic rings. The molecule has 0 saturated heterocycles. The molecule has 0 aliphatic carbocycles. The van der Waals surface area contributed by atoms with Crippen LogP contribution in [0, 0.1) is 6.92 Å². The summed E-state index contributed by atoms with van der Waals surface area (Å²) in [5, 5.41) is 13.4. The van der Waals surface area contributed by atoms with Crippen LogP contribution in [0.4, 0.5) is 0 Å². The van der Waals surface area contributed by atoms with Crippen molar-refractivity contribution in [2.45, 2.75) is 26.4 Å². The fraction of sp³-hybridized carbons (Fsp3) is 0.250. The molecule has 2 aromatic carbocycles. The van der Waals surface area contributed by atoms with Crippen LogP contribution in [0.15, 0.2) is 48.5 Å². The highest BCUT2D eigenvalue weighted by molar-refractivity contribution is 7.18. The predicted octanol–water partition coefficient (Wildman–Crippen LogP) is 3.48. The molecular formula is C20H20N6OS. The van der Waals surface area contributed by atoms with Crippen molar-refractivity contribution in [3.05, 3.63) is 59.1 Å². The molecule has 1 amide bonds. The minimum atomic E-state index is -0.135. The number of nitrogens with zero attached hydrogens (tertiary/aromatic N) is 6. The molecule has 0 radical (unpaired) electrons. The number of para-hydroxylation sites is 1. The fourth-order valence-electron chi connectivity index (χ4n) is 2.92. The summed E-state index contributed by atoms with van der Waals surface area (Å²) in [6.07, 6.45) is 0. The van der Waals surface area contributed by atoms with E-state index >= 15 is 0 Å². The SMILES string of the molecule is Cc1ccccc1-c1nnn(CC(=O)N(C)[C@H](C)c2nc3ccccc3s2)n1. The first-order valence-electron chi connectivity index (χ1n) is 8.98. The van der Waals surface area contributed by atoms with Crippen LogP contribution < -0.4 is 0 Å². The number of hydrogen-bond donors (Lipinski definition) is 0. The van der Waals surface area contributed by atoms with Crippen LogP contribution in [-0.4, -0.2) is 43.0 Å². The molecule has 0 spiro atoms. The highest BCUT2D eigenvalue weighted by Gasteiger charge is 2.22. The van der Waals surface area contributed by atoms with Gasteiger partial charge in [-0.1, -0.05) is 36.4 Å². The first-order valence-corrected chi connectivity index (χ1v) is 9.79.